The van der Waals surface area contributed by atoms with Gasteiger partial charge in [-0.2, -0.15) is 13.2 Å². The number of alkyl halides is 3. The molecule has 4 N–H and O–H groups in total. The molecule has 288 valence electrons. The topological polar surface area (TPSA) is 105 Å². The number of nitrogen functional groups attached to an aromatic ring is 1. The number of hydrogen-bond donors (Lipinski definition) is 3. The predicted octanol–water partition coefficient (Wildman–Crippen LogP) is 9.18. The number of nitrogens with one attached hydrogen (secondary N) is 2. The molecular formula is C42H57F3N6O2. The highest BCUT2D eigenvalue weighted by Gasteiger charge is 2.38. The third-order valence-corrected chi connectivity index (χ3v) is 13.3. The van der Waals surface area contributed by atoms with Gasteiger partial charge in [-0.25, -0.2) is 9.97 Å². The molecule has 2 saturated carbocycles. The molecule has 53 heavy (non-hydrogen) atoms. The van der Waals surface area contributed by atoms with Crippen LogP contribution in [0.4, 0.5) is 24.7 Å². The van der Waals surface area contributed by atoms with E-state index >= 15 is 0 Å². The molecule has 2 aromatic carbocycles. The summed E-state index contributed by atoms with van der Waals surface area (Å²) in [7, 11) is 1.66. The van der Waals surface area contributed by atoms with Crippen molar-refractivity contribution in [3.63, 3.8) is 0 Å². The van der Waals surface area contributed by atoms with Crippen LogP contribution in [0.2, 0.25) is 0 Å². The summed E-state index contributed by atoms with van der Waals surface area (Å²) in [5.74, 6) is 4.04. The smallest absolute Gasteiger partial charge is 0.416 e. The maximum atomic E-state index is 13.8. The number of anilines is 2. The van der Waals surface area contributed by atoms with Gasteiger partial charge in [0.05, 0.1) is 24.2 Å². The first-order chi connectivity index (χ1) is 25.4. The Balaban J connectivity index is 0.965. The van der Waals surface area contributed by atoms with Crippen molar-refractivity contribution in [1.82, 2.24) is 20.2 Å². The number of nitrogens with zero attached hydrogens (tertiary/aromatic N) is 3. The molecule has 1 aromatic heterocycles. The lowest BCUT2D eigenvalue weighted by Crippen LogP contribution is -2.43. The minimum absolute atomic E-state index is 0.0535. The molecule has 2 aliphatic heterocycles. The number of ether oxygens (including phenoxy) is 1. The van der Waals surface area contributed by atoms with Gasteiger partial charge in [0, 0.05) is 36.1 Å². The van der Waals surface area contributed by atoms with Gasteiger partial charge in [-0.1, -0.05) is 0 Å². The van der Waals surface area contributed by atoms with Crippen LogP contribution < -0.4 is 21.1 Å². The first kappa shape index (κ1) is 37.7. The molecule has 4 aliphatic rings. The van der Waals surface area contributed by atoms with Crippen LogP contribution in [0.3, 0.4) is 0 Å². The molecular weight excluding hydrogens is 677 g/mol. The average molecular weight is 735 g/mol. The summed E-state index contributed by atoms with van der Waals surface area (Å²) in [4.78, 5) is 25.2. The minimum Gasteiger partial charge on any atom is -0.496 e. The Morgan fingerprint density at radius 2 is 1.64 bits per heavy atom. The number of methoxy groups -OCH3 is 1. The molecule has 2 aliphatic carbocycles. The van der Waals surface area contributed by atoms with Gasteiger partial charge >= 0.3 is 6.18 Å². The SMILES string of the molecule is COc1cc2nc(C)nc(N[C@H](C)c3cc(N)cc(C(F)(F)F)c3)c2cc1C1CCC(C(=O)N2CCC(CC3CCC4(CCNCC4)CC3)CC2)CC1. The molecule has 3 heterocycles. The van der Waals surface area contributed by atoms with Crippen molar-refractivity contribution < 1.29 is 22.7 Å². The zero-order chi connectivity index (χ0) is 37.3. The van der Waals surface area contributed by atoms with Crippen molar-refractivity contribution in [2.75, 3.05) is 44.3 Å². The molecule has 8 nitrogen and oxygen atoms in total. The Kier molecular flexibility index (Phi) is 11.1. The fraction of sp³-hybridized carbons (Fsp3) is 0.643. The highest BCUT2D eigenvalue weighted by atomic mass is 19.4. The number of benzene rings is 2. The summed E-state index contributed by atoms with van der Waals surface area (Å²) in [6.45, 7) is 7.76. The maximum Gasteiger partial charge on any atom is 0.416 e. The van der Waals surface area contributed by atoms with Crippen molar-refractivity contribution in [1.29, 1.82) is 0 Å². The number of carbonyl (C=O) groups excluding carboxylic acids is 1. The summed E-state index contributed by atoms with van der Waals surface area (Å²) in [5, 5.41) is 7.66. The molecule has 0 bridgehead atoms. The van der Waals surface area contributed by atoms with Crippen molar-refractivity contribution >= 4 is 28.3 Å². The molecule has 2 saturated heterocycles. The van der Waals surface area contributed by atoms with Crippen LogP contribution >= 0.6 is 0 Å². The number of fused-ring (bicyclic) bond motifs is 1. The summed E-state index contributed by atoms with van der Waals surface area (Å²) in [5.41, 5.74) is 7.92. The van der Waals surface area contributed by atoms with E-state index in [0.29, 0.717) is 34.0 Å². The second kappa shape index (κ2) is 15.6. The van der Waals surface area contributed by atoms with Crippen LogP contribution in [0.1, 0.15) is 125 Å². The molecule has 1 spiro atoms. The van der Waals surface area contributed by atoms with E-state index in [0.717, 1.165) is 92.3 Å². The summed E-state index contributed by atoms with van der Waals surface area (Å²) >= 11 is 0. The van der Waals surface area contributed by atoms with Crippen LogP contribution in [-0.4, -0.2) is 54.1 Å². The number of piperidine rings is 2. The second-order valence-corrected chi connectivity index (χ2v) is 16.7. The van der Waals surface area contributed by atoms with E-state index in [1.54, 1.807) is 27.0 Å². The molecule has 7 rings (SSSR count). The molecule has 1 amide bonds. The van der Waals surface area contributed by atoms with Crippen LogP contribution in [0.5, 0.6) is 5.75 Å². The van der Waals surface area contributed by atoms with Crippen LogP contribution in [0, 0.1) is 30.1 Å². The largest absolute Gasteiger partial charge is 0.496 e. The number of halogens is 3. The Bertz CT molecular complexity index is 1750. The molecule has 1 atom stereocenters. The summed E-state index contributed by atoms with van der Waals surface area (Å²) < 4.78 is 46.5. The Morgan fingerprint density at radius 1 is 0.962 bits per heavy atom. The monoisotopic (exact) mass is 734 g/mol. The van der Waals surface area contributed by atoms with Crippen molar-refractivity contribution in [2.45, 2.75) is 115 Å². The van der Waals surface area contributed by atoms with Crippen LogP contribution in [-0.2, 0) is 11.0 Å². The number of amides is 1. The van der Waals surface area contributed by atoms with E-state index in [9.17, 15) is 18.0 Å². The van der Waals surface area contributed by atoms with Crippen molar-refractivity contribution in [3.05, 3.63) is 52.8 Å². The minimum atomic E-state index is -4.50. The highest BCUT2D eigenvalue weighted by molar-refractivity contribution is 5.91. The maximum absolute atomic E-state index is 13.8. The molecule has 3 aromatic rings. The number of nitrogens with two attached hydrogens (primary N) is 1. The van der Waals surface area contributed by atoms with Crippen molar-refractivity contribution in [2.24, 2.45) is 23.2 Å². The van der Waals surface area contributed by atoms with Gasteiger partial charge in [0.15, 0.2) is 0 Å². The third kappa shape index (κ3) is 8.55. The van der Waals surface area contributed by atoms with E-state index in [-0.39, 0.29) is 17.5 Å². The molecule has 0 radical (unpaired) electrons. The van der Waals surface area contributed by atoms with Gasteiger partial charge in [0.2, 0.25) is 5.91 Å². The molecule has 11 heteroatoms. The summed E-state index contributed by atoms with van der Waals surface area (Å²) in [6, 6.07) is 7.12. The van der Waals surface area contributed by atoms with Gasteiger partial charge in [-0.15, -0.1) is 0 Å². The van der Waals surface area contributed by atoms with E-state index in [4.69, 9.17) is 10.5 Å². The quantitative estimate of drug-likeness (QED) is 0.198. The van der Waals surface area contributed by atoms with Gasteiger partial charge in [-0.05, 0) is 169 Å². The van der Waals surface area contributed by atoms with Gasteiger partial charge in [-0.3, -0.25) is 4.79 Å². The van der Waals surface area contributed by atoms with Crippen molar-refractivity contribution in [3.8, 4) is 5.75 Å². The van der Waals surface area contributed by atoms with Gasteiger partial charge in [0.1, 0.15) is 17.4 Å². The normalized spacial score (nSPS) is 23.6. The number of likely N-dealkylation sites (tertiary alicyclic amines) is 1. The van der Waals surface area contributed by atoms with E-state index in [2.05, 4.69) is 31.6 Å². The molecule has 4 fully saturated rings. The Morgan fingerprint density at radius 3 is 2.30 bits per heavy atom. The lowest BCUT2D eigenvalue weighted by atomic mass is 9.64. The van der Waals surface area contributed by atoms with Gasteiger partial charge < -0.3 is 26.0 Å². The zero-order valence-corrected chi connectivity index (χ0v) is 31.7. The third-order valence-electron chi connectivity index (χ3n) is 13.3. The van der Waals surface area contributed by atoms with E-state index in [1.165, 1.54) is 58.0 Å². The standard InChI is InChI=1S/C42H57F3N6O2/c1-26(32-21-33(42(43,44)45)23-34(46)22-32)48-39-36-24-35(38(53-3)25-37(36)49-27(2)50-39)30-4-6-31(7-5-30)40(52)51-18-10-29(11-19-51)20-28-8-12-41(13-9-28)14-16-47-17-15-41/h21-26,28-31,47H,4-20,46H2,1-3H3,(H,48,49,50)/t26-,30?,31?/m1/s1. The number of aryl methyl sites for hydroxylation is 1. The first-order valence-corrected chi connectivity index (χ1v) is 20.0. The van der Waals surface area contributed by atoms with E-state index < -0.39 is 17.8 Å². The van der Waals surface area contributed by atoms with Gasteiger partial charge in [0.25, 0.3) is 0 Å². The number of hydrogen-bond acceptors (Lipinski definition) is 7. The lowest BCUT2D eigenvalue weighted by Gasteiger charge is -2.44. The number of rotatable bonds is 8. The second-order valence-electron chi connectivity index (χ2n) is 16.7. The van der Waals surface area contributed by atoms with Crippen LogP contribution in [0.25, 0.3) is 10.9 Å². The fourth-order valence-electron chi connectivity index (χ4n) is 10.0. The number of aromatic nitrogens is 2. The first-order valence-electron chi connectivity index (χ1n) is 20.0. The Hall–Kier alpha value is -3.60. The van der Waals surface area contributed by atoms with E-state index in [1.807, 2.05) is 6.07 Å². The molecule has 0 unspecified atom stereocenters. The highest BCUT2D eigenvalue weighted by Crippen LogP contribution is 2.47. The average Bonchev–Trinajstić information content (AvgIpc) is 3.15. The number of carbonyl (C=O) groups is 1. The fourth-order valence-corrected chi connectivity index (χ4v) is 10.0. The van der Waals surface area contributed by atoms with Crippen LogP contribution in [0.15, 0.2) is 30.3 Å². The summed E-state index contributed by atoms with van der Waals surface area (Å²) in [6.07, 6.45) is 10.9. The Labute approximate surface area is 312 Å². The lowest BCUT2D eigenvalue weighted by molar-refractivity contribution is -0.138. The zero-order valence-electron chi connectivity index (χ0n) is 31.7. The predicted molar refractivity (Wildman–Crippen MR) is 204 cm³/mol.